The molecule has 1 saturated carbocycles. The summed E-state index contributed by atoms with van der Waals surface area (Å²) in [5.41, 5.74) is 2.76. The predicted octanol–water partition coefficient (Wildman–Crippen LogP) is 2.56. The fraction of sp³-hybridized carbons (Fsp3) is 0.588. The van der Waals surface area contributed by atoms with Gasteiger partial charge in [0.05, 0.1) is 6.04 Å². The molecule has 20 heavy (non-hydrogen) atoms. The van der Waals surface area contributed by atoms with Crippen LogP contribution in [0.25, 0.3) is 0 Å². The molecule has 3 heteroatoms. The van der Waals surface area contributed by atoms with Crippen LogP contribution in [-0.4, -0.2) is 19.0 Å². The van der Waals surface area contributed by atoms with Crippen LogP contribution in [0.4, 0.5) is 0 Å². The van der Waals surface area contributed by atoms with E-state index in [1.807, 2.05) is 0 Å². The zero-order chi connectivity index (χ0) is 14.2. The van der Waals surface area contributed by atoms with Gasteiger partial charge in [0.25, 0.3) is 0 Å². The summed E-state index contributed by atoms with van der Waals surface area (Å²) in [6, 6.07) is 8.51. The van der Waals surface area contributed by atoms with Crippen LogP contribution in [0, 0.1) is 18.3 Å². The molecule has 2 N–H and O–H groups in total. The summed E-state index contributed by atoms with van der Waals surface area (Å²) in [7, 11) is 0. The van der Waals surface area contributed by atoms with Crippen molar-refractivity contribution in [1.29, 1.82) is 0 Å². The Labute approximate surface area is 121 Å². The highest BCUT2D eigenvalue weighted by Gasteiger charge is 2.57. The lowest BCUT2D eigenvalue weighted by atomic mass is 9.91. The number of rotatable bonds is 3. The molecule has 3 rings (SSSR count). The Morgan fingerprint density at radius 3 is 2.60 bits per heavy atom. The van der Waals surface area contributed by atoms with Gasteiger partial charge in [-0.25, -0.2) is 0 Å². The molecule has 2 aliphatic rings. The molecule has 3 nitrogen and oxygen atoms in total. The fourth-order valence-corrected chi connectivity index (χ4v) is 3.45. The van der Waals surface area contributed by atoms with E-state index in [4.69, 9.17) is 0 Å². The monoisotopic (exact) mass is 272 g/mol. The minimum absolute atomic E-state index is 0.0995. The van der Waals surface area contributed by atoms with Gasteiger partial charge in [-0.2, -0.15) is 0 Å². The van der Waals surface area contributed by atoms with E-state index in [0.29, 0.717) is 5.41 Å². The normalized spacial score (nSPS) is 25.2. The van der Waals surface area contributed by atoms with Crippen molar-refractivity contribution in [2.45, 2.75) is 39.2 Å². The van der Waals surface area contributed by atoms with Crippen LogP contribution >= 0.6 is 0 Å². The lowest BCUT2D eigenvalue weighted by Gasteiger charge is -2.23. The van der Waals surface area contributed by atoms with Gasteiger partial charge in [0.15, 0.2) is 0 Å². The first-order valence-electron chi connectivity index (χ1n) is 7.68. The summed E-state index contributed by atoms with van der Waals surface area (Å²) in [5.74, 6) is 0.498. The number of carbonyl (C=O) groups is 1. The molecule has 1 spiro atoms. The molecule has 108 valence electrons. The molecule has 2 atom stereocenters. The Balaban J connectivity index is 1.58. The number of hydrogen-bond donors (Lipinski definition) is 2. The molecule has 1 heterocycles. The third kappa shape index (κ3) is 2.59. The van der Waals surface area contributed by atoms with Crippen molar-refractivity contribution in [1.82, 2.24) is 10.6 Å². The smallest absolute Gasteiger partial charge is 0.224 e. The van der Waals surface area contributed by atoms with Gasteiger partial charge in [-0.15, -0.1) is 0 Å². The first-order chi connectivity index (χ1) is 9.61. The first-order valence-corrected chi connectivity index (χ1v) is 7.68. The Morgan fingerprint density at radius 1 is 1.30 bits per heavy atom. The number of nitrogens with one attached hydrogen (secondary N) is 2. The topological polar surface area (TPSA) is 41.1 Å². The SMILES string of the molecule is Cc1ccc([C@@H](C)NC(=O)C2CC23CCNCC3)cc1. The third-order valence-corrected chi connectivity index (χ3v) is 5.04. The van der Waals surface area contributed by atoms with E-state index in [-0.39, 0.29) is 17.9 Å². The van der Waals surface area contributed by atoms with Crippen molar-refractivity contribution >= 4 is 5.91 Å². The van der Waals surface area contributed by atoms with Crippen molar-refractivity contribution in [2.75, 3.05) is 13.1 Å². The summed E-state index contributed by atoms with van der Waals surface area (Å²) < 4.78 is 0. The third-order valence-electron chi connectivity index (χ3n) is 5.04. The molecule has 1 saturated heterocycles. The van der Waals surface area contributed by atoms with Gasteiger partial charge in [-0.1, -0.05) is 29.8 Å². The maximum Gasteiger partial charge on any atom is 0.224 e. The zero-order valence-corrected chi connectivity index (χ0v) is 12.4. The minimum Gasteiger partial charge on any atom is -0.349 e. The van der Waals surface area contributed by atoms with Crippen molar-refractivity contribution in [3.05, 3.63) is 35.4 Å². The predicted molar refractivity (Wildman–Crippen MR) is 80.4 cm³/mol. The Hall–Kier alpha value is -1.35. The maximum atomic E-state index is 12.4. The van der Waals surface area contributed by atoms with Crippen LogP contribution in [0.15, 0.2) is 24.3 Å². The lowest BCUT2D eigenvalue weighted by Crippen LogP contribution is -2.34. The highest BCUT2D eigenvalue weighted by molar-refractivity contribution is 5.83. The Bertz CT molecular complexity index is 488. The molecule has 1 amide bonds. The summed E-state index contributed by atoms with van der Waals surface area (Å²) in [4.78, 5) is 12.4. The van der Waals surface area contributed by atoms with Crippen molar-refractivity contribution < 1.29 is 4.79 Å². The molecule has 0 bridgehead atoms. The molecule has 2 fully saturated rings. The van der Waals surface area contributed by atoms with E-state index in [1.165, 1.54) is 11.1 Å². The number of amides is 1. The number of piperidine rings is 1. The average Bonchev–Trinajstić information content (AvgIpc) is 3.14. The second kappa shape index (κ2) is 5.21. The number of benzene rings is 1. The number of hydrogen-bond acceptors (Lipinski definition) is 2. The Kier molecular flexibility index (Phi) is 3.55. The fourth-order valence-electron chi connectivity index (χ4n) is 3.45. The highest BCUT2D eigenvalue weighted by Crippen LogP contribution is 2.58. The molecular weight excluding hydrogens is 248 g/mol. The van der Waals surface area contributed by atoms with Gasteiger partial charge < -0.3 is 10.6 Å². The van der Waals surface area contributed by atoms with Crippen molar-refractivity contribution in [3.63, 3.8) is 0 Å². The second-order valence-electron chi connectivity index (χ2n) is 6.51. The van der Waals surface area contributed by atoms with E-state index in [2.05, 4.69) is 48.7 Å². The van der Waals surface area contributed by atoms with Crippen LogP contribution < -0.4 is 10.6 Å². The summed E-state index contributed by atoms with van der Waals surface area (Å²) in [6.07, 6.45) is 3.40. The van der Waals surface area contributed by atoms with Gasteiger partial charge in [-0.3, -0.25) is 4.79 Å². The van der Waals surface area contributed by atoms with E-state index in [1.54, 1.807) is 0 Å². The van der Waals surface area contributed by atoms with E-state index in [9.17, 15) is 4.79 Å². The molecule has 1 aliphatic carbocycles. The first kappa shape index (κ1) is 13.6. The molecule has 1 unspecified atom stereocenters. The quantitative estimate of drug-likeness (QED) is 0.888. The van der Waals surface area contributed by atoms with Gasteiger partial charge in [-0.05, 0) is 57.2 Å². The van der Waals surface area contributed by atoms with Gasteiger partial charge in [0.1, 0.15) is 0 Å². The molecule has 1 aromatic rings. The molecular formula is C17H24N2O. The summed E-state index contributed by atoms with van der Waals surface area (Å²) >= 11 is 0. The Morgan fingerprint density at radius 2 is 1.95 bits per heavy atom. The highest BCUT2D eigenvalue weighted by atomic mass is 16.2. The van der Waals surface area contributed by atoms with Gasteiger partial charge in [0, 0.05) is 5.92 Å². The average molecular weight is 272 g/mol. The largest absolute Gasteiger partial charge is 0.349 e. The van der Waals surface area contributed by atoms with E-state index in [0.717, 1.165) is 32.4 Å². The van der Waals surface area contributed by atoms with Gasteiger partial charge in [0.2, 0.25) is 5.91 Å². The standard InChI is InChI=1S/C17H24N2O/c1-12-3-5-14(6-4-12)13(2)19-16(20)15-11-17(15)7-9-18-10-8-17/h3-6,13,15,18H,7-11H2,1-2H3,(H,19,20)/t13-,15?/m1/s1. The number of aryl methyl sites for hydroxylation is 1. The van der Waals surface area contributed by atoms with Crippen molar-refractivity contribution in [2.24, 2.45) is 11.3 Å². The van der Waals surface area contributed by atoms with E-state index < -0.39 is 0 Å². The second-order valence-corrected chi connectivity index (χ2v) is 6.51. The zero-order valence-electron chi connectivity index (χ0n) is 12.4. The molecule has 1 aromatic carbocycles. The number of carbonyl (C=O) groups excluding carboxylic acids is 1. The van der Waals surface area contributed by atoms with Crippen LogP contribution in [0.5, 0.6) is 0 Å². The summed E-state index contributed by atoms with van der Waals surface area (Å²) in [5, 5.41) is 6.57. The molecule has 0 aromatic heterocycles. The van der Waals surface area contributed by atoms with Gasteiger partial charge >= 0.3 is 0 Å². The van der Waals surface area contributed by atoms with E-state index >= 15 is 0 Å². The van der Waals surface area contributed by atoms with Crippen LogP contribution in [0.2, 0.25) is 0 Å². The van der Waals surface area contributed by atoms with Crippen LogP contribution in [-0.2, 0) is 4.79 Å². The van der Waals surface area contributed by atoms with Crippen molar-refractivity contribution in [3.8, 4) is 0 Å². The van der Waals surface area contributed by atoms with Crippen LogP contribution in [0.1, 0.15) is 43.4 Å². The van der Waals surface area contributed by atoms with Crippen LogP contribution in [0.3, 0.4) is 0 Å². The molecule has 1 aliphatic heterocycles. The lowest BCUT2D eigenvalue weighted by molar-refractivity contribution is -0.123. The maximum absolute atomic E-state index is 12.4. The summed E-state index contributed by atoms with van der Waals surface area (Å²) in [6.45, 7) is 6.28. The minimum atomic E-state index is 0.0995. The molecule has 0 radical (unpaired) electrons.